The molecule has 0 saturated heterocycles. The first-order valence-electron chi connectivity index (χ1n) is 8.48. The molecule has 10 heteroatoms. The number of hydrogen-bond donors (Lipinski definition) is 0. The van der Waals surface area contributed by atoms with Gasteiger partial charge in [-0.1, -0.05) is 6.07 Å². The number of benzene rings is 1. The van der Waals surface area contributed by atoms with Crippen LogP contribution in [0, 0.1) is 0 Å². The lowest BCUT2D eigenvalue weighted by atomic mass is 10.1. The molecule has 0 unspecified atom stereocenters. The molecule has 2 aromatic heterocycles. The van der Waals surface area contributed by atoms with Gasteiger partial charge in [0.1, 0.15) is 11.5 Å². The van der Waals surface area contributed by atoms with Gasteiger partial charge in [-0.15, -0.1) is 10.2 Å². The molecule has 4 rings (SSSR count). The lowest BCUT2D eigenvalue weighted by Crippen LogP contribution is -2.36. The van der Waals surface area contributed by atoms with Crippen molar-refractivity contribution in [3.63, 3.8) is 0 Å². The van der Waals surface area contributed by atoms with E-state index in [0.717, 1.165) is 48.3 Å². The van der Waals surface area contributed by atoms with E-state index >= 15 is 0 Å². The summed E-state index contributed by atoms with van der Waals surface area (Å²) >= 11 is 7.09. The number of nitrogens with zero attached hydrogens (tertiary/aromatic N) is 6. The SMILES string of the molecule is COc1ccc(CN2CCn3c(-c4nc(Cl)ns4)nnc3[C@H]2C)c(OC)c1. The fourth-order valence-electron chi connectivity index (χ4n) is 3.30. The molecule has 142 valence electrons. The van der Waals surface area contributed by atoms with Crippen LogP contribution in [0.2, 0.25) is 5.28 Å². The Morgan fingerprint density at radius 2 is 2.07 bits per heavy atom. The second kappa shape index (κ2) is 7.41. The Kier molecular flexibility index (Phi) is 4.98. The third kappa shape index (κ3) is 3.38. The predicted molar refractivity (Wildman–Crippen MR) is 102 cm³/mol. The highest BCUT2D eigenvalue weighted by atomic mass is 35.5. The van der Waals surface area contributed by atoms with Crippen molar-refractivity contribution in [1.29, 1.82) is 0 Å². The Bertz CT molecular complexity index is 959. The molecule has 1 aliphatic heterocycles. The lowest BCUT2D eigenvalue weighted by molar-refractivity contribution is 0.155. The van der Waals surface area contributed by atoms with Gasteiger partial charge in [-0.05, 0) is 36.1 Å². The summed E-state index contributed by atoms with van der Waals surface area (Å²) in [5.41, 5.74) is 1.11. The zero-order chi connectivity index (χ0) is 19.0. The summed E-state index contributed by atoms with van der Waals surface area (Å²) in [6, 6.07) is 6.00. The molecule has 8 nitrogen and oxygen atoms in total. The van der Waals surface area contributed by atoms with E-state index in [9.17, 15) is 0 Å². The molecule has 0 saturated carbocycles. The molecular weight excluding hydrogens is 388 g/mol. The summed E-state index contributed by atoms with van der Waals surface area (Å²) in [5.74, 6) is 3.23. The van der Waals surface area contributed by atoms with Crippen molar-refractivity contribution in [3.05, 3.63) is 34.9 Å². The van der Waals surface area contributed by atoms with E-state index in [1.165, 1.54) is 11.5 Å². The van der Waals surface area contributed by atoms with Crippen molar-refractivity contribution in [3.8, 4) is 22.3 Å². The molecule has 0 fully saturated rings. The van der Waals surface area contributed by atoms with Crippen molar-refractivity contribution in [1.82, 2.24) is 29.0 Å². The first-order valence-corrected chi connectivity index (χ1v) is 9.63. The van der Waals surface area contributed by atoms with E-state index < -0.39 is 0 Å². The summed E-state index contributed by atoms with van der Waals surface area (Å²) in [6.07, 6.45) is 0. The van der Waals surface area contributed by atoms with Crippen LogP contribution in [0.15, 0.2) is 18.2 Å². The van der Waals surface area contributed by atoms with E-state index in [4.69, 9.17) is 21.1 Å². The average Bonchev–Trinajstić information content (AvgIpc) is 3.30. The van der Waals surface area contributed by atoms with Crippen LogP contribution >= 0.6 is 23.1 Å². The highest BCUT2D eigenvalue weighted by Crippen LogP contribution is 2.32. The van der Waals surface area contributed by atoms with Gasteiger partial charge in [-0.3, -0.25) is 4.90 Å². The van der Waals surface area contributed by atoms with Gasteiger partial charge < -0.3 is 14.0 Å². The van der Waals surface area contributed by atoms with Crippen molar-refractivity contribution in [2.75, 3.05) is 20.8 Å². The second-order valence-electron chi connectivity index (χ2n) is 6.23. The third-order valence-electron chi connectivity index (χ3n) is 4.77. The second-order valence-corrected chi connectivity index (χ2v) is 7.32. The molecule has 0 N–H and O–H groups in total. The number of ether oxygens (including phenoxy) is 2. The zero-order valence-electron chi connectivity index (χ0n) is 15.2. The van der Waals surface area contributed by atoms with Crippen molar-refractivity contribution in [2.24, 2.45) is 0 Å². The smallest absolute Gasteiger partial charge is 0.234 e. The van der Waals surface area contributed by atoms with Crippen molar-refractivity contribution < 1.29 is 9.47 Å². The Labute approximate surface area is 165 Å². The molecule has 0 radical (unpaired) electrons. The minimum Gasteiger partial charge on any atom is -0.497 e. The van der Waals surface area contributed by atoms with Gasteiger partial charge in [-0.25, -0.2) is 4.98 Å². The first-order chi connectivity index (χ1) is 13.1. The molecule has 27 heavy (non-hydrogen) atoms. The Morgan fingerprint density at radius 1 is 1.22 bits per heavy atom. The van der Waals surface area contributed by atoms with Crippen LogP contribution in [0.4, 0.5) is 0 Å². The number of halogens is 1. The Balaban J connectivity index is 1.58. The molecule has 3 aromatic rings. The number of methoxy groups -OCH3 is 2. The minimum atomic E-state index is 0.107. The number of aromatic nitrogens is 5. The summed E-state index contributed by atoms with van der Waals surface area (Å²) in [5, 5.41) is 9.66. The van der Waals surface area contributed by atoms with E-state index in [1.54, 1.807) is 14.2 Å². The fourth-order valence-corrected chi connectivity index (χ4v) is 4.10. The molecule has 1 aliphatic rings. The minimum absolute atomic E-state index is 0.107. The van der Waals surface area contributed by atoms with Gasteiger partial charge in [0.2, 0.25) is 5.28 Å². The molecule has 1 atom stereocenters. The number of hydrogen-bond acceptors (Lipinski definition) is 8. The largest absolute Gasteiger partial charge is 0.497 e. The van der Waals surface area contributed by atoms with E-state index in [2.05, 4.69) is 35.9 Å². The number of fused-ring (bicyclic) bond motifs is 1. The molecule has 1 aromatic carbocycles. The molecule has 0 bridgehead atoms. The fraction of sp³-hybridized carbons (Fsp3) is 0.412. The van der Waals surface area contributed by atoms with Crippen LogP contribution in [0.5, 0.6) is 11.5 Å². The normalized spacial score (nSPS) is 17.0. The van der Waals surface area contributed by atoms with Gasteiger partial charge in [0.15, 0.2) is 16.7 Å². The monoisotopic (exact) mass is 406 g/mol. The van der Waals surface area contributed by atoms with Crippen LogP contribution in [0.25, 0.3) is 10.8 Å². The van der Waals surface area contributed by atoms with Gasteiger partial charge >= 0.3 is 0 Å². The highest BCUT2D eigenvalue weighted by molar-refractivity contribution is 7.09. The molecule has 0 amide bonds. The number of rotatable bonds is 5. The maximum absolute atomic E-state index is 5.85. The Morgan fingerprint density at radius 3 is 2.78 bits per heavy atom. The topological polar surface area (TPSA) is 78.2 Å². The van der Waals surface area contributed by atoms with E-state index in [1.807, 2.05) is 18.2 Å². The van der Waals surface area contributed by atoms with Crippen molar-refractivity contribution in [2.45, 2.75) is 26.1 Å². The van der Waals surface area contributed by atoms with Gasteiger partial charge in [0.05, 0.1) is 20.3 Å². The van der Waals surface area contributed by atoms with E-state index in [-0.39, 0.29) is 11.3 Å². The zero-order valence-corrected chi connectivity index (χ0v) is 16.8. The van der Waals surface area contributed by atoms with Crippen LogP contribution in [-0.4, -0.2) is 49.8 Å². The van der Waals surface area contributed by atoms with Gasteiger partial charge in [-0.2, -0.15) is 4.37 Å². The molecule has 0 spiro atoms. The van der Waals surface area contributed by atoms with Crippen molar-refractivity contribution >= 4 is 23.1 Å². The van der Waals surface area contributed by atoms with E-state index in [0.29, 0.717) is 5.01 Å². The van der Waals surface area contributed by atoms with Crippen LogP contribution < -0.4 is 9.47 Å². The molecule has 0 aliphatic carbocycles. The highest BCUT2D eigenvalue weighted by Gasteiger charge is 2.30. The summed E-state index contributed by atoms with van der Waals surface area (Å²) in [4.78, 5) is 6.57. The summed E-state index contributed by atoms with van der Waals surface area (Å²) in [7, 11) is 3.32. The summed E-state index contributed by atoms with van der Waals surface area (Å²) in [6.45, 7) is 4.52. The Hall–Kier alpha value is -2.23. The maximum Gasteiger partial charge on any atom is 0.234 e. The van der Waals surface area contributed by atoms with Crippen LogP contribution in [0.3, 0.4) is 0 Å². The molecule has 3 heterocycles. The standard InChI is InChI=1S/C17H19ClN6O2S/c1-10-14-20-21-15(16-19-17(18)22-27-16)24(14)7-6-23(10)9-11-4-5-12(25-2)8-13(11)26-3/h4-5,8,10H,6-7,9H2,1-3H3/t10-/m1/s1. The predicted octanol–water partition coefficient (Wildman–Crippen LogP) is 3.04. The lowest BCUT2D eigenvalue weighted by Gasteiger charge is -2.33. The quantitative estimate of drug-likeness (QED) is 0.644. The van der Waals surface area contributed by atoms with Gasteiger partial charge in [0.25, 0.3) is 0 Å². The summed E-state index contributed by atoms with van der Waals surface area (Å²) < 4.78 is 16.9. The van der Waals surface area contributed by atoms with Gasteiger partial charge in [0, 0.05) is 31.3 Å². The first kappa shape index (κ1) is 18.1. The maximum atomic E-state index is 5.85. The molecular formula is C17H19ClN6O2S. The van der Waals surface area contributed by atoms with Crippen LogP contribution in [-0.2, 0) is 13.1 Å². The third-order valence-corrected chi connectivity index (χ3v) is 5.75. The average molecular weight is 407 g/mol. The van der Waals surface area contributed by atoms with Crippen LogP contribution in [0.1, 0.15) is 24.4 Å².